The number of aromatic nitrogens is 2. The van der Waals surface area contributed by atoms with Gasteiger partial charge in [-0.05, 0) is 6.92 Å². The lowest BCUT2D eigenvalue weighted by atomic mass is 10.4. The summed E-state index contributed by atoms with van der Waals surface area (Å²) in [6, 6.07) is 1.32. The van der Waals surface area contributed by atoms with Crippen molar-refractivity contribution in [3.8, 4) is 0 Å². The molecule has 0 spiro atoms. The van der Waals surface area contributed by atoms with Crippen molar-refractivity contribution in [2.75, 3.05) is 0 Å². The van der Waals surface area contributed by atoms with E-state index >= 15 is 0 Å². The standard InChI is InChI=1S/C10H14N2O3S/c1-4-12-8(10(15)16-6(2)3)5-7(11-12)9(13)14/h5-6H,4H2,1-3H3,(H,13,14). The van der Waals surface area contributed by atoms with Crippen LogP contribution in [-0.2, 0) is 6.54 Å². The lowest BCUT2D eigenvalue weighted by Gasteiger charge is -2.04. The molecule has 6 heteroatoms. The first kappa shape index (κ1) is 12.8. The van der Waals surface area contributed by atoms with Crippen molar-refractivity contribution in [2.45, 2.75) is 32.6 Å². The Morgan fingerprint density at radius 3 is 2.62 bits per heavy atom. The Bertz CT molecular complexity index is 412. The van der Waals surface area contributed by atoms with E-state index in [0.717, 1.165) is 0 Å². The van der Waals surface area contributed by atoms with Crippen LogP contribution in [0.25, 0.3) is 0 Å². The number of carboxylic acid groups (broad SMARTS) is 1. The van der Waals surface area contributed by atoms with Crippen LogP contribution < -0.4 is 0 Å². The summed E-state index contributed by atoms with van der Waals surface area (Å²) < 4.78 is 1.42. The third-order valence-electron chi connectivity index (χ3n) is 1.85. The molecule has 1 heterocycles. The molecule has 5 nitrogen and oxygen atoms in total. The Balaban J connectivity index is 3.02. The number of carbonyl (C=O) groups excluding carboxylic acids is 1. The summed E-state index contributed by atoms with van der Waals surface area (Å²) in [4.78, 5) is 22.5. The molecular weight excluding hydrogens is 228 g/mol. The van der Waals surface area contributed by atoms with E-state index in [2.05, 4.69) is 5.10 Å². The fourth-order valence-electron chi connectivity index (χ4n) is 1.20. The van der Waals surface area contributed by atoms with Gasteiger partial charge in [0.05, 0.1) is 0 Å². The molecule has 0 amide bonds. The number of nitrogens with zero attached hydrogens (tertiary/aromatic N) is 2. The van der Waals surface area contributed by atoms with Gasteiger partial charge in [0.15, 0.2) is 5.69 Å². The summed E-state index contributed by atoms with van der Waals surface area (Å²) in [6.45, 7) is 6.11. The van der Waals surface area contributed by atoms with Gasteiger partial charge in [-0.3, -0.25) is 9.48 Å². The van der Waals surface area contributed by atoms with Crippen LogP contribution in [0.2, 0.25) is 0 Å². The van der Waals surface area contributed by atoms with E-state index in [1.165, 1.54) is 22.5 Å². The van der Waals surface area contributed by atoms with Gasteiger partial charge in [0.25, 0.3) is 0 Å². The summed E-state index contributed by atoms with van der Waals surface area (Å²) in [7, 11) is 0. The Labute approximate surface area is 97.8 Å². The maximum Gasteiger partial charge on any atom is 0.356 e. The summed E-state index contributed by atoms with van der Waals surface area (Å²) in [5.74, 6) is -1.12. The molecule has 1 N–H and O–H groups in total. The lowest BCUT2D eigenvalue weighted by molar-refractivity contribution is 0.0689. The highest BCUT2D eigenvalue weighted by Gasteiger charge is 2.19. The third kappa shape index (κ3) is 2.85. The average Bonchev–Trinajstić information content (AvgIpc) is 2.60. The number of aromatic carboxylic acids is 1. The first-order chi connectivity index (χ1) is 7.45. The molecule has 16 heavy (non-hydrogen) atoms. The van der Waals surface area contributed by atoms with Gasteiger partial charge in [-0.15, -0.1) is 0 Å². The summed E-state index contributed by atoms with van der Waals surface area (Å²) in [5, 5.41) is 12.7. The highest BCUT2D eigenvalue weighted by molar-refractivity contribution is 8.14. The molecule has 0 aliphatic rings. The van der Waals surface area contributed by atoms with Gasteiger partial charge >= 0.3 is 5.97 Å². The van der Waals surface area contributed by atoms with Gasteiger partial charge in [-0.25, -0.2) is 4.79 Å². The number of aryl methyl sites for hydroxylation is 1. The van der Waals surface area contributed by atoms with Crippen LogP contribution >= 0.6 is 11.8 Å². The number of thioether (sulfide) groups is 1. The van der Waals surface area contributed by atoms with Gasteiger partial charge in [-0.1, -0.05) is 25.6 Å². The van der Waals surface area contributed by atoms with Crippen LogP contribution in [0.3, 0.4) is 0 Å². The molecule has 0 aromatic carbocycles. The number of hydrogen-bond donors (Lipinski definition) is 1. The van der Waals surface area contributed by atoms with E-state index in [4.69, 9.17) is 5.11 Å². The number of carbonyl (C=O) groups is 2. The van der Waals surface area contributed by atoms with Crippen LogP contribution in [-0.4, -0.2) is 31.2 Å². The third-order valence-corrected chi connectivity index (χ3v) is 2.75. The SMILES string of the molecule is CCn1nc(C(=O)O)cc1C(=O)SC(C)C. The molecule has 0 unspecified atom stereocenters. The van der Waals surface area contributed by atoms with Gasteiger partial charge in [0, 0.05) is 17.9 Å². The van der Waals surface area contributed by atoms with Crippen LogP contribution in [0.5, 0.6) is 0 Å². The summed E-state index contributed by atoms with van der Waals surface area (Å²) >= 11 is 1.17. The molecule has 1 aromatic heterocycles. The second-order valence-electron chi connectivity index (χ2n) is 3.49. The second kappa shape index (κ2) is 5.16. The molecule has 0 fully saturated rings. The molecule has 0 aliphatic carbocycles. The maximum absolute atomic E-state index is 11.8. The molecule has 0 saturated heterocycles. The monoisotopic (exact) mass is 242 g/mol. The Morgan fingerprint density at radius 1 is 1.56 bits per heavy atom. The normalized spacial score (nSPS) is 10.8. The summed E-state index contributed by atoms with van der Waals surface area (Å²) in [6.07, 6.45) is 0. The molecule has 1 rings (SSSR count). The Morgan fingerprint density at radius 2 is 2.19 bits per heavy atom. The summed E-state index contributed by atoms with van der Waals surface area (Å²) in [5.41, 5.74) is 0.258. The van der Waals surface area contributed by atoms with E-state index in [9.17, 15) is 9.59 Å². The Hall–Kier alpha value is -1.30. The number of carboxylic acids is 1. The van der Waals surface area contributed by atoms with Crippen molar-refractivity contribution < 1.29 is 14.7 Å². The molecule has 0 aliphatic heterocycles. The van der Waals surface area contributed by atoms with E-state index in [1.807, 2.05) is 20.8 Å². The van der Waals surface area contributed by atoms with E-state index in [0.29, 0.717) is 12.2 Å². The van der Waals surface area contributed by atoms with Crippen molar-refractivity contribution in [2.24, 2.45) is 0 Å². The number of hydrogen-bond acceptors (Lipinski definition) is 4. The van der Waals surface area contributed by atoms with Crippen molar-refractivity contribution >= 4 is 22.8 Å². The van der Waals surface area contributed by atoms with E-state index < -0.39 is 5.97 Å². The Kier molecular flexibility index (Phi) is 4.12. The van der Waals surface area contributed by atoms with Crippen molar-refractivity contribution in [1.82, 2.24) is 9.78 Å². The van der Waals surface area contributed by atoms with Crippen LogP contribution in [0.1, 0.15) is 41.7 Å². The fraction of sp³-hybridized carbons (Fsp3) is 0.500. The van der Waals surface area contributed by atoms with Crippen LogP contribution in [0.4, 0.5) is 0 Å². The molecule has 0 bridgehead atoms. The molecule has 0 atom stereocenters. The smallest absolute Gasteiger partial charge is 0.356 e. The zero-order valence-corrected chi connectivity index (χ0v) is 10.2. The second-order valence-corrected chi connectivity index (χ2v) is 5.04. The van der Waals surface area contributed by atoms with Gasteiger partial charge in [0.2, 0.25) is 5.12 Å². The quantitative estimate of drug-likeness (QED) is 0.872. The molecular formula is C10H14N2O3S. The van der Waals surface area contributed by atoms with Crippen LogP contribution in [0.15, 0.2) is 6.07 Å². The van der Waals surface area contributed by atoms with Crippen molar-refractivity contribution in [3.05, 3.63) is 17.5 Å². The van der Waals surface area contributed by atoms with Crippen molar-refractivity contribution in [3.63, 3.8) is 0 Å². The fourth-order valence-corrected chi connectivity index (χ4v) is 1.91. The van der Waals surface area contributed by atoms with Gasteiger partial charge in [0.1, 0.15) is 5.69 Å². The topological polar surface area (TPSA) is 72.2 Å². The van der Waals surface area contributed by atoms with Gasteiger partial charge in [-0.2, -0.15) is 5.10 Å². The lowest BCUT2D eigenvalue weighted by Crippen LogP contribution is -2.08. The molecule has 0 radical (unpaired) electrons. The molecule has 0 saturated carbocycles. The number of rotatable bonds is 4. The predicted molar refractivity (Wildman–Crippen MR) is 61.9 cm³/mol. The van der Waals surface area contributed by atoms with Crippen LogP contribution in [0, 0.1) is 0 Å². The van der Waals surface area contributed by atoms with E-state index in [1.54, 1.807) is 0 Å². The van der Waals surface area contributed by atoms with Crippen molar-refractivity contribution in [1.29, 1.82) is 0 Å². The molecule has 1 aromatic rings. The zero-order chi connectivity index (χ0) is 12.3. The van der Waals surface area contributed by atoms with E-state index in [-0.39, 0.29) is 16.1 Å². The first-order valence-corrected chi connectivity index (χ1v) is 5.85. The van der Waals surface area contributed by atoms with Gasteiger partial charge < -0.3 is 5.11 Å². The minimum atomic E-state index is -1.12. The zero-order valence-electron chi connectivity index (χ0n) is 9.43. The largest absolute Gasteiger partial charge is 0.476 e. The predicted octanol–water partition coefficient (Wildman–Crippen LogP) is 1.88. The highest BCUT2D eigenvalue weighted by atomic mass is 32.2. The average molecular weight is 242 g/mol. The molecule has 88 valence electrons. The minimum absolute atomic E-state index is 0.0884. The minimum Gasteiger partial charge on any atom is -0.476 e. The maximum atomic E-state index is 11.8. The first-order valence-electron chi connectivity index (χ1n) is 4.97. The highest BCUT2D eigenvalue weighted by Crippen LogP contribution is 2.18.